The van der Waals surface area contributed by atoms with Crippen molar-refractivity contribution in [3.63, 3.8) is 0 Å². The van der Waals surface area contributed by atoms with Gasteiger partial charge in [-0.15, -0.1) is 0 Å². The normalized spacial score (nSPS) is 10.3. The van der Waals surface area contributed by atoms with Gasteiger partial charge in [-0.2, -0.15) is 0 Å². The molecule has 1 aromatic heterocycles. The zero-order valence-electron chi connectivity index (χ0n) is 7.50. The van der Waals surface area contributed by atoms with Crippen LogP contribution >= 0.6 is 23.8 Å². The predicted octanol–water partition coefficient (Wildman–Crippen LogP) is 3.60. The molecular weight excluding hydrogens is 235 g/mol. The summed E-state index contributed by atoms with van der Waals surface area (Å²) in [6, 6.07) is 6.03. The second-order valence-corrected chi connectivity index (χ2v) is 3.78. The highest BCUT2D eigenvalue weighted by Crippen LogP contribution is 2.21. The van der Waals surface area contributed by atoms with Crippen molar-refractivity contribution in [3.05, 3.63) is 45.9 Å². The molecule has 0 saturated carbocycles. The molecule has 0 radical (unpaired) electrons. The molecule has 15 heavy (non-hydrogen) atoms. The maximum atomic E-state index is 13.5. The Bertz CT molecular complexity index is 553. The Labute approximate surface area is 95.8 Å². The summed E-state index contributed by atoms with van der Waals surface area (Å²) in [5.74, 6) is -0.0245. The van der Waals surface area contributed by atoms with Crippen molar-refractivity contribution in [2.75, 3.05) is 0 Å². The van der Waals surface area contributed by atoms with Crippen LogP contribution in [0.1, 0.15) is 0 Å². The molecule has 0 spiro atoms. The van der Waals surface area contributed by atoms with E-state index in [0.717, 1.165) is 0 Å². The topological polar surface area (TPSA) is 28.7 Å². The molecule has 2 rings (SSSR count). The van der Waals surface area contributed by atoms with Gasteiger partial charge in [0, 0.05) is 11.2 Å². The van der Waals surface area contributed by atoms with E-state index in [-0.39, 0.29) is 0 Å². The van der Waals surface area contributed by atoms with Crippen LogP contribution < -0.4 is 0 Å². The van der Waals surface area contributed by atoms with E-state index in [9.17, 15) is 4.39 Å². The minimum Gasteiger partial charge on any atom is -0.331 e. The van der Waals surface area contributed by atoms with Crippen LogP contribution in [-0.2, 0) is 0 Å². The third-order valence-electron chi connectivity index (χ3n) is 1.86. The molecule has 0 unspecified atom stereocenters. The van der Waals surface area contributed by atoms with Crippen LogP contribution in [0.5, 0.6) is 0 Å². The van der Waals surface area contributed by atoms with Crippen LogP contribution in [0.3, 0.4) is 0 Å². The fourth-order valence-electron chi connectivity index (χ4n) is 1.19. The van der Waals surface area contributed by atoms with Crippen LogP contribution in [0, 0.1) is 10.5 Å². The van der Waals surface area contributed by atoms with Gasteiger partial charge in [-0.3, -0.25) is 0 Å². The van der Waals surface area contributed by atoms with Crippen LogP contribution in [0.4, 0.5) is 4.39 Å². The number of H-pyrrole nitrogens is 1. The van der Waals surface area contributed by atoms with E-state index in [2.05, 4.69) is 9.97 Å². The van der Waals surface area contributed by atoms with Gasteiger partial charge in [-0.05, 0) is 24.3 Å². The van der Waals surface area contributed by atoms with E-state index in [1.165, 1.54) is 12.3 Å². The molecule has 0 aliphatic carbocycles. The molecule has 2 nitrogen and oxygen atoms in total. The Morgan fingerprint density at radius 1 is 1.33 bits per heavy atom. The molecule has 1 N–H and O–H groups in total. The predicted molar refractivity (Wildman–Crippen MR) is 59.8 cm³/mol. The number of aromatic amines is 1. The smallest absolute Gasteiger partial charge is 0.141 e. The highest BCUT2D eigenvalue weighted by atomic mass is 35.5. The van der Waals surface area contributed by atoms with Crippen LogP contribution in [-0.4, -0.2) is 9.97 Å². The number of nitrogens with one attached hydrogen (secondary N) is 1. The maximum absolute atomic E-state index is 13.5. The van der Waals surface area contributed by atoms with Crippen LogP contribution in [0.25, 0.3) is 11.4 Å². The van der Waals surface area contributed by atoms with Crippen molar-refractivity contribution in [2.45, 2.75) is 0 Å². The Balaban J connectivity index is 2.59. The van der Waals surface area contributed by atoms with Crippen molar-refractivity contribution in [3.8, 4) is 11.4 Å². The zero-order chi connectivity index (χ0) is 10.8. The molecule has 1 aromatic carbocycles. The number of aromatic nitrogens is 2. The van der Waals surface area contributed by atoms with E-state index in [4.69, 9.17) is 23.8 Å². The van der Waals surface area contributed by atoms with Gasteiger partial charge in [0.25, 0.3) is 0 Å². The average molecular weight is 241 g/mol. The van der Waals surface area contributed by atoms with Crippen LogP contribution in [0.2, 0.25) is 5.02 Å². The summed E-state index contributed by atoms with van der Waals surface area (Å²) >= 11 is 10.6. The first-order valence-electron chi connectivity index (χ1n) is 4.17. The molecule has 76 valence electrons. The first kappa shape index (κ1) is 10.3. The van der Waals surface area contributed by atoms with E-state index in [0.29, 0.717) is 21.1 Å². The molecule has 0 saturated heterocycles. The lowest BCUT2D eigenvalue weighted by Gasteiger charge is -2.02. The largest absolute Gasteiger partial charge is 0.331 e. The van der Waals surface area contributed by atoms with Crippen molar-refractivity contribution >= 4 is 23.8 Å². The summed E-state index contributed by atoms with van der Waals surface area (Å²) in [4.78, 5) is 6.80. The van der Waals surface area contributed by atoms with Gasteiger partial charge in [0.15, 0.2) is 0 Å². The van der Waals surface area contributed by atoms with Gasteiger partial charge in [0.05, 0.1) is 5.56 Å². The Morgan fingerprint density at radius 3 is 2.80 bits per heavy atom. The third kappa shape index (κ3) is 2.22. The number of hydrogen-bond donors (Lipinski definition) is 1. The summed E-state index contributed by atoms with van der Waals surface area (Å²) in [6.07, 6.45) is 1.53. The average Bonchev–Trinajstić information content (AvgIpc) is 2.17. The lowest BCUT2D eigenvalue weighted by Crippen LogP contribution is -1.91. The second-order valence-electron chi connectivity index (χ2n) is 2.91. The summed E-state index contributed by atoms with van der Waals surface area (Å²) in [6.45, 7) is 0. The van der Waals surface area contributed by atoms with E-state index >= 15 is 0 Å². The van der Waals surface area contributed by atoms with Crippen molar-refractivity contribution < 1.29 is 4.39 Å². The van der Waals surface area contributed by atoms with Gasteiger partial charge in [0.2, 0.25) is 0 Å². The lowest BCUT2D eigenvalue weighted by molar-refractivity contribution is 0.630. The molecule has 5 heteroatoms. The number of halogens is 2. The molecule has 0 amide bonds. The molecular formula is C10H6ClFN2S. The quantitative estimate of drug-likeness (QED) is 0.772. The molecule has 0 fully saturated rings. The first-order chi connectivity index (χ1) is 7.16. The maximum Gasteiger partial charge on any atom is 0.141 e. The van der Waals surface area contributed by atoms with Crippen molar-refractivity contribution in [2.24, 2.45) is 0 Å². The molecule has 1 heterocycles. The fourth-order valence-corrected chi connectivity index (χ4v) is 1.50. The zero-order valence-corrected chi connectivity index (χ0v) is 9.07. The first-order valence-corrected chi connectivity index (χ1v) is 4.96. The van der Waals surface area contributed by atoms with E-state index in [1.54, 1.807) is 18.2 Å². The summed E-state index contributed by atoms with van der Waals surface area (Å²) in [7, 11) is 0. The summed E-state index contributed by atoms with van der Waals surface area (Å²) < 4.78 is 14.0. The Kier molecular flexibility index (Phi) is 2.79. The molecule has 0 bridgehead atoms. The third-order valence-corrected chi connectivity index (χ3v) is 2.33. The highest BCUT2D eigenvalue weighted by molar-refractivity contribution is 7.71. The Morgan fingerprint density at radius 2 is 2.13 bits per heavy atom. The van der Waals surface area contributed by atoms with Gasteiger partial charge < -0.3 is 4.98 Å². The highest BCUT2D eigenvalue weighted by Gasteiger charge is 2.06. The van der Waals surface area contributed by atoms with Crippen molar-refractivity contribution in [1.82, 2.24) is 9.97 Å². The SMILES string of the molecule is Fc1cc(Cl)ccc1-c1nccc(=S)[nH]1. The number of nitrogens with zero attached hydrogens (tertiary/aromatic N) is 1. The monoisotopic (exact) mass is 240 g/mol. The van der Waals surface area contributed by atoms with Gasteiger partial charge >= 0.3 is 0 Å². The molecule has 2 aromatic rings. The van der Waals surface area contributed by atoms with E-state index < -0.39 is 5.82 Å². The second kappa shape index (κ2) is 4.08. The number of benzene rings is 1. The summed E-state index contributed by atoms with van der Waals surface area (Å²) in [5.41, 5.74) is 0.353. The van der Waals surface area contributed by atoms with Crippen LogP contribution in [0.15, 0.2) is 30.5 Å². The van der Waals surface area contributed by atoms with Gasteiger partial charge in [-0.25, -0.2) is 9.37 Å². The van der Waals surface area contributed by atoms with Crippen molar-refractivity contribution in [1.29, 1.82) is 0 Å². The number of hydrogen-bond acceptors (Lipinski definition) is 2. The molecule has 0 atom stereocenters. The minimum absolute atomic E-state index is 0.353. The minimum atomic E-state index is -0.424. The van der Waals surface area contributed by atoms with E-state index in [1.807, 2.05) is 0 Å². The van der Waals surface area contributed by atoms with Gasteiger partial charge in [-0.1, -0.05) is 23.8 Å². The molecule has 0 aliphatic heterocycles. The fraction of sp³-hybridized carbons (Fsp3) is 0. The standard InChI is InChI=1S/C10H6ClFN2S/c11-6-1-2-7(8(12)5-6)10-13-4-3-9(15)14-10/h1-5H,(H,13,14,15). The lowest BCUT2D eigenvalue weighted by atomic mass is 10.2. The van der Waals surface area contributed by atoms with Gasteiger partial charge in [0.1, 0.15) is 16.3 Å². The molecule has 0 aliphatic rings. The Hall–Kier alpha value is -1.26. The summed E-state index contributed by atoms with van der Waals surface area (Å²) in [5, 5.41) is 0.353. The number of rotatable bonds is 1.